The van der Waals surface area contributed by atoms with E-state index in [9.17, 15) is 0 Å². The molecule has 14 heavy (non-hydrogen) atoms. The summed E-state index contributed by atoms with van der Waals surface area (Å²) in [5, 5.41) is 8.10. The van der Waals surface area contributed by atoms with Crippen molar-refractivity contribution in [1.82, 2.24) is 5.16 Å². The zero-order valence-electron chi connectivity index (χ0n) is 8.24. The second-order valence-electron chi connectivity index (χ2n) is 3.59. The number of hydrogen-bond acceptors (Lipinski definition) is 4. The van der Waals surface area contributed by atoms with Crippen LogP contribution in [0.3, 0.4) is 0 Å². The second kappa shape index (κ2) is 3.21. The minimum atomic E-state index is 0.334. The van der Waals surface area contributed by atoms with Gasteiger partial charge in [0.25, 0.3) is 0 Å². The van der Waals surface area contributed by atoms with Crippen LogP contribution in [-0.2, 0) is 0 Å². The van der Waals surface area contributed by atoms with E-state index < -0.39 is 0 Å². The zero-order chi connectivity index (χ0) is 10.1. The van der Waals surface area contributed by atoms with Crippen LogP contribution < -0.4 is 11.1 Å². The third-order valence-electron chi connectivity index (χ3n) is 1.92. The Morgan fingerprint density at radius 3 is 2.93 bits per heavy atom. The smallest absolute Gasteiger partial charge is 0.177 e. The predicted octanol–water partition coefficient (Wildman–Crippen LogP) is 2.23. The van der Waals surface area contributed by atoms with Gasteiger partial charge in [-0.25, -0.2) is 0 Å². The Bertz CT molecular complexity index is 448. The van der Waals surface area contributed by atoms with E-state index in [-0.39, 0.29) is 0 Å². The average Bonchev–Trinajstić information content (AvgIpc) is 2.47. The molecule has 0 saturated heterocycles. The number of nitrogens with one attached hydrogen (secondary N) is 1. The first kappa shape index (κ1) is 8.87. The summed E-state index contributed by atoms with van der Waals surface area (Å²) in [6.07, 6.45) is 0. The highest BCUT2D eigenvalue weighted by molar-refractivity contribution is 5.89. The zero-order valence-corrected chi connectivity index (χ0v) is 8.24. The standard InChI is InChI=1S/C10H13N3O/c1-6(2)12-10-8-4-3-7(11)5-9(8)14-13-10/h3-6H,11H2,1-2H3,(H,12,13). The van der Waals surface area contributed by atoms with Crippen LogP contribution in [0.25, 0.3) is 11.0 Å². The Hall–Kier alpha value is -1.71. The van der Waals surface area contributed by atoms with Crippen LogP contribution >= 0.6 is 0 Å². The Morgan fingerprint density at radius 2 is 2.21 bits per heavy atom. The minimum Gasteiger partial charge on any atom is -0.399 e. The molecule has 0 aliphatic heterocycles. The maximum Gasteiger partial charge on any atom is 0.177 e. The van der Waals surface area contributed by atoms with Crippen LogP contribution in [0.2, 0.25) is 0 Å². The summed E-state index contributed by atoms with van der Waals surface area (Å²) in [4.78, 5) is 0. The SMILES string of the molecule is CC(C)Nc1noc2cc(N)ccc12. The van der Waals surface area contributed by atoms with Gasteiger partial charge in [-0.15, -0.1) is 0 Å². The number of anilines is 2. The Morgan fingerprint density at radius 1 is 1.43 bits per heavy atom. The molecule has 0 saturated carbocycles. The van der Waals surface area contributed by atoms with Gasteiger partial charge in [0.05, 0.1) is 5.39 Å². The van der Waals surface area contributed by atoms with E-state index in [2.05, 4.69) is 24.3 Å². The number of nitrogens with zero attached hydrogens (tertiary/aromatic N) is 1. The summed E-state index contributed by atoms with van der Waals surface area (Å²) in [7, 11) is 0. The molecule has 2 rings (SSSR count). The van der Waals surface area contributed by atoms with Gasteiger partial charge in [-0.2, -0.15) is 0 Å². The number of fused-ring (bicyclic) bond motifs is 1. The second-order valence-corrected chi connectivity index (χ2v) is 3.59. The Balaban J connectivity index is 2.47. The topological polar surface area (TPSA) is 64.1 Å². The molecule has 4 nitrogen and oxygen atoms in total. The molecule has 4 heteroatoms. The number of aromatic nitrogens is 1. The summed E-state index contributed by atoms with van der Waals surface area (Å²) in [6, 6.07) is 5.85. The summed E-state index contributed by atoms with van der Waals surface area (Å²) in [5.74, 6) is 0.773. The van der Waals surface area contributed by atoms with Gasteiger partial charge in [-0.1, -0.05) is 5.16 Å². The van der Waals surface area contributed by atoms with Crippen molar-refractivity contribution in [3.05, 3.63) is 18.2 Å². The molecule has 3 N–H and O–H groups in total. The van der Waals surface area contributed by atoms with Gasteiger partial charge in [-0.3, -0.25) is 0 Å². The van der Waals surface area contributed by atoms with E-state index in [0.717, 1.165) is 11.2 Å². The van der Waals surface area contributed by atoms with Crippen molar-refractivity contribution in [3.63, 3.8) is 0 Å². The summed E-state index contributed by atoms with van der Waals surface area (Å²) in [6.45, 7) is 4.11. The quantitative estimate of drug-likeness (QED) is 0.714. The molecule has 1 aromatic heterocycles. The van der Waals surface area contributed by atoms with Gasteiger partial charge < -0.3 is 15.6 Å². The number of nitrogens with two attached hydrogens (primary N) is 1. The number of benzene rings is 1. The molecule has 0 fully saturated rings. The van der Waals surface area contributed by atoms with Crippen LogP contribution in [0, 0.1) is 0 Å². The molecule has 0 aliphatic carbocycles. The lowest BCUT2D eigenvalue weighted by Gasteiger charge is -2.04. The van der Waals surface area contributed by atoms with Crippen LogP contribution in [0.15, 0.2) is 22.7 Å². The van der Waals surface area contributed by atoms with E-state index in [1.54, 1.807) is 6.07 Å². The number of nitrogen functional groups attached to an aromatic ring is 1. The first-order chi connectivity index (χ1) is 6.66. The van der Waals surface area contributed by atoms with Crippen molar-refractivity contribution in [1.29, 1.82) is 0 Å². The molecule has 0 atom stereocenters. The highest BCUT2D eigenvalue weighted by Gasteiger charge is 2.08. The molecule has 0 amide bonds. The third kappa shape index (κ3) is 1.51. The van der Waals surface area contributed by atoms with Crippen molar-refractivity contribution >= 4 is 22.5 Å². The lowest BCUT2D eigenvalue weighted by atomic mass is 10.2. The van der Waals surface area contributed by atoms with Crippen LogP contribution in [0.1, 0.15) is 13.8 Å². The van der Waals surface area contributed by atoms with Crippen molar-refractivity contribution in [2.45, 2.75) is 19.9 Å². The van der Waals surface area contributed by atoms with Gasteiger partial charge in [0.1, 0.15) is 0 Å². The van der Waals surface area contributed by atoms with E-state index in [4.69, 9.17) is 10.3 Å². The van der Waals surface area contributed by atoms with Crippen LogP contribution in [-0.4, -0.2) is 11.2 Å². The molecule has 0 bridgehead atoms. The van der Waals surface area contributed by atoms with Crippen molar-refractivity contribution in [2.24, 2.45) is 0 Å². The fraction of sp³-hybridized carbons (Fsp3) is 0.300. The van der Waals surface area contributed by atoms with Crippen LogP contribution in [0.5, 0.6) is 0 Å². The molecule has 0 radical (unpaired) electrons. The molecular weight excluding hydrogens is 178 g/mol. The first-order valence-corrected chi connectivity index (χ1v) is 4.58. The predicted molar refractivity (Wildman–Crippen MR) is 57.2 cm³/mol. The largest absolute Gasteiger partial charge is 0.399 e. The lowest BCUT2D eigenvalue weighted by molar-refractivity contribution is 0.458. The highest BCUT2D eigenvalue weighted by atomic mass is 16.5. The van der Waals surface area contributed by atoms with E-state index in [1.165, 1.54) is 0 Å². The first-order valence-electron chi connectivity index (χ1n) is 4.58. The van der Waals surface area contributed by atoms with Gasteiger partial charge in [0.15, 0.2) is 11.4 Å². The Kier molecular flexibility index (Phi) is 2.04. The maximum absolute atomic E-state index is 5.63. The van der Waals surface area contributed by atoms with E-state index in [0.29, 0.717) is 17.3 Å². The summed E-state index contributed by atoms with van der Waals surface area (Å²) < 4.78 is 5.14. The van der Waals surface area contributed by atoms with Crippen LogP contribution in [0.4, 0.5) is 11.5 Å². The van der Waals surface area contributed by atoms with Gasteiger partial charge in [0.2, 0.25) is 0 Å². The molecule has 2 aromatic rings. The lowest BCUT2D eigenvalue weighted by Crippen LogP contribution is -2.09. The molecule has 0 spiro atoms. The van der Waals surface area contributed by atoms with Crippen molar-refractivity contribution < 1.29 is 4.52 Å². The van der Waals surface area contributed by atoms with E-state index >= 15 is 0 Å². The van der Waals surface area contributed by atoms with Crippen molar-refractivity contribution in [2.75, 3.05) is 11.1 Å². The molecule has 0 unspecified atom stereocenters. The molecule has 0 aliphatic rings. The third-order valence-corrected chi connectivity index (χ3v) is 1.92. The van der Waals surface area contributed by atoms with Gasteiger partial charge in [-0.05, 0) is 26.0 Å². The molecule has 1 aromatic carbocycles. The Labute approximate surface area is 82.1 Å². The highest BCUT2D eigenvalue weighted by Crippen LogP contribution is 2.24. The van der Waals surface area contributed by atoms with Gasteiger partial charge in [0, 0.05) is 17.8 Å². The fourth-order valence-corrected chi connectivity index (χ4v) is 1.33. The van der Waals surface area contributed by atoms with Crippen molar-refractivity contribution in [3.8, 4) is 0 Å². The molecular formula is C10H13N3O. The van der Waals surface area contributed by atoms with Gasteiger partial charge >= 0.3 is 0 Å². The summed E-state index contributed by atoms with van der Waals surface area (Å²) >= 11 is 0. The normalized spacial score (nSPS) is 11.1. The minimum absolute atomic E-state index is 0.334. The average molecular weight is 191 g/mol. The van der Waals surface area contributed by atoms with E-state index in [1.807, 2.05) is 12.1 Å². The molecule has 74 valence electrons. The molecule has 1 heterocycles. The number of hydrogen-bond donors (Lipinski definition) is 2. The monoisotopic (exact) mass is 191 g/mol. The number of rotatable bonds is 2. The fourth-order valence-electron chi connectivity index (χ4n) is 1.33. The summed E-state index contributed by atoms with van der Waals surface area (Å²) in [5.41, 5.74) is 7.03. The maximum atomic E-state index is 5.63.